The van der Waals surface area contributed by atoms with Crippen LogP contribution in [0.5, 0.6) is 5.88 Å². The number of hydrogen-bond donors (Lipinski definition) is 3. The lowest BCUT2D eigenvalue weighted by Gasteiger charge is -2.30. The molecule has 1 atom stereocenters. The number of benzene rings is 1. The molecule has 0 spiro atoms. The minimum Gasteiger partial charge on any atom is -0.469 e. The summed E-state index contributed by atoms with van der Waals surface area (Å²) in [6, 6.07) is 5.61. The Labute approximate surface area is 182 Å². The van der Waals surface area contributed by atoms with E-state index in [1.54, 1.807) is 19.9 Å². The van der Waals surface area contributed by atoms with Crippen molar-refractivity contribution in [2.24, 2.45) is 0 Å². The molecule has 1 fully saturated rings. The third-order valence-electron chi connectivity index (χ3n) is 4.51. The average molecular weight is 459 g/mol. The van der Waals surface area contributed by atoms with Crippen LogP contribution in [0, 0.1) is 11.6 Å². The van der Waals surface area contributed by atoms with Crippen molar-refractivity contribution in [3.05, 3.63) is 41.5 Å². The number of ether oxygens (including phenoxy) is 1. The van der Waals surface area contributed by atoms with Gasteiger partial charge in [0.05, 0.1) is 6.61 Å². The Balaban J connectivity index is 1.78. The topological polar surface area (TPSA) is 90.7 Å². The summed E-state index contributed by atoms with van der Waals surface area (Å²) in [6.45, 7) is 4.75. The lowest BCUT2D eigenvalue weighted by atomic mass is 10.0. The quantitative estimate of drug-likeness (QED) is 0.282. The Morgan fingerprint density at radius 3 is 2.73 bits per heavy atom. The lowest BCUT2D eigenvalue weighted by molar-refractivity contribution is -0.0566. The molecule has 1 saturated heterocycles. The Bertz CT molecular complexity index is 872. The maximum absolute atomic E-state index is 13.9. The second-order valence-corrected chi connectivity index (χ2v) is 9.10. The van der Waals surface area contributed by atoms with E-state index in [1.807, 2.05) is 0 Å². The van der Waals surface area contributed by atoms with E-state index in [0.717, 1.165) is 37.3 Å². The maximum Gasteiger partial charge on any atom is 0.220 e. The van der Waals surface area contributed by atoms with Gasteiger partial charge in [0.2, 0.25) is 5.88 Å². The van der Waals surface area contributed by atoms with Gasteiger partial charge in [0.25, 0.3) is 0 Å². The van der Waals surface area contributed by atoms with Crippen LogP contribution in [-0.2, 0) is 5.75 Å². The molecule has 2 aromatic rings. The maximum atomic E-state index is 13.9. The van der Waals surface area contributed by atoms with Gasteiger partial charge in [0.15, 0.2) is 16.8 Å². The van der Waals surface area contributed by atoms with Gasteiger partial charge in [-0.15, -0.1) is 0 Å². The second kappa shape index (κ2) is 10.1. The van der Waals surface area contributed by atoms with Crippen LogP contribution in [0.3, 0.4) is 0 Å². The number of halogens is 2. The van der Waals surface area contributed by atoms with Crippen molar-refractivity contribution < 1.29 is 23.7 Å². The molecule has 0 aliphatic carbocycles. The molecule has 3 rings (SSSR count). The van der Waals surface area contributed by atoms with E-state index in [9.17, 15) is 19.0 Å². The molecule has 1 aromatic heterocycles. The molecule has 0 radical (unpaired) electrons. The SMILES string of the molecule is CC(C)(Oc1cc(NSN2CCC2)nc(SCc2cccc(F)c2F)n1)[C@H](O)CO. The first kappa shape index (κ1) is 23.0. The minimum atomic E-state index is -1.11. The van der Waals surface area contributed by atoms with E-state index in [-0.39, 0.29) is 17.2 Å². The molecule has 30 heavy (non-hydrogen) atoms. The van der Waals surface area contributed by atoms with Crippen LogP contribution in [0.25, 0.3) is 0 Å². The summed E-state index contributed by atoms with van der Waals surface area (Å²) < 4.78 is 38.4. The highest BCUT2D eigenvalue weighted by Gasteiger charge is 2.30. The number of nitrogens with zero attached hydrogens (tertiary/aromatic N) is 3. The van der Waals surface area contributed by atoms with Crippen molar-refractivity contribution in [3.8, 4) is 5.88 Å². The van der Waals surface area contributed by atoms with Crippen LogP contribution in [0.1, 0.15) is 25.8 Å². The van der Waals surface area contributed by atoms with E-state index < -0.39 is 29.9 Å². The summed E-state index contributed by atoms with van der Waals surface area (Å²) in [4.78, 5) is 8.73. The van der Waals surface area contributed by atoms with E-state index >= 15 is 0 Å². The lowest BCUT2D eigenvalue weighted by Crippen LogP contribution is -2.44. The predicted molar refractivity (Wildman–Crippen MR) is 113 cm³/mol. The van der Waals surface area contributed by atoms with Crippen molar-refractivity contribution in [2.75, 3.05) is 24.4 Å². The summed E-state index contributed by atoms with van der Waals surface area (Å²) >= 11 is 2.55. The number of hydrogen-bond acceptors (Lipinski definition) is 9. The van der Waals surface area contributed by atoms with Crippen LogP contribution < -0.4 is 9.46 Å². The number of aromatic nitrogens is 2. The first-order chi connectivity index (χ1) is 14.3. The normalized spacial score (nSPS) is 15.5. The van der Waals surface area contributed by atoms with E-state index in [4.69, 9.17) is 4.74 Å². The second-order valence-electron chi connectivity index (χ2n) is 7.26. The Morgan fingerprint density at radius 2 is 2.07 bits per heavy atom. The Hall–Kier alpha value is -1.66. The fourth-order valence-electron chi connectivity index (χ4n) is 2.42. The molecule has 7 nitrogen and oxygen atoms in total. The summed E-state index contributed by atoms with van der Waals surface area (Å²) in [5, 5.41) is 19.5. The molecule has 0 unspecified atom stereocenters. The Kier molecular flexibility index (Phi) is 7.75. The molecule has 1 aliphatic rings. The molecule has 0 amide bonds. The largest absolute Gasteiger partial charge is 0.469 e. The number of rotatable bonds is 10. The standard InChI is InChI=1S/C19H24F2N4O3S2/c1-19(2,14(27)10-26)28-16-9-15(24-30-25-7-4-8-25)22-18(23-16)29-11-12-5-3-6-13(20)17(12)21/h3,5-6,9,14,26-27H,4,7-8,10-11H2,1-2H3,(H,22,23,24)/t14-/m1/s1. The molecule has 2 heterocycles. The van der Waals surface area contributed by atoms with E-state index in [0.29, 0.717) is 11.0 Å². The summed E-state index contributed by atoms with van der Waals surface area (Å²) in [6.07, 6.45) is 0.0252. The smallest absolute Gasteiger partial charge is 0.220 e. The summed E-state index contributed by atoms with van der Waals surface area (Å²) in [7, 11) is 0. The molecule has 1 aliphatic heterocycles. The van der Waals surface area contributed by atoms with Crippen molar-refractivity contribution in [3.63, 3.8) is 0 Å². The van der Waals surface area contributed by atoms with E-state index in [1.165, 1.54) is 24.3 Å². The zero-order valence-corrected chi connectivity index (χ0v) is 18.3. The van der Waals surface area contributed by atoms with Gasteiger partial charge in [-0.2, -0.15) is 4.98 Å². The molecule has 0 saturated carbocycles. The third-order valence-corrected chi connectivity index (χ3v) is 6.33. The summed E-state index contributed by atoms with van der Waals surface area (Å²) in [5.41, 5.74) is -0.892. The van der Waals surface area contributed by atoms with Crippen LogP contribution in [0.4, 0.5) is 14.6 Å². The summed E-state index contributed by atoms with van der Waals surface area (Å²) in [5.74, 6) is -0.991. The van der Waals surface area contributed by atoms with Crippen LogP contribution in [0.2, 0.25) is 0 Å². The molecule has 11 heteroatoms. The molecule has 164 valence electrons. The van der Waals surface area contributed by atoms with Gasteiger partial charge in [0, 0.05) is 42.6 Å². The molecular formula is C19H24F2N4O3S2. The van der Waals surface area contributed by atoms with Crippen molar-refractivity contribution >= 4 is 29.7 Å². The monoisotopic (exact) mass is 458 g/mol. The number of aliphatic hydroxyl groups is 2. The molecule has 3 N–H and O–H groups in total. The average Bonchev–Trinajstić information content (AvgIpc) is 2.66. The molecule has 0 bridgehead atoms. The van der Waals surface area contributed by atoms with Crippen molar-refractivity contribution in [1.82, 2.24) is 14.3 Å². The first-order valence-corrected chi connectivity index (χ1v) is 11.1. The van der Waals surface area contributed by atoms with Crippen molar-refractivity contribution in [2.45, 2.75) is 42.9 Å². The first-order valence-electron chi connectivity index (χ1n) is 9.39. The van der Waals surface area contributed by atoms with Gasteiger partial charge >= 0.3 is 0 Å². The van der Waals surface area contributed by atoms with Gasteiger partial charge < -0.3 is 19.7 Å². The highest BCUT2D eigenvalue weighted by Crippen LogP contribution is 2.29. The number of aliphatic hydroxyl groups excluding tert-OH is 2. The zero-order valence-electron chi connectivity index (χ0n) is 16.6. The van der Waals surface area contributed by atoms with Gasteiger partial charge in [-0.05, 0) is 26.3 Å². The number of nitrogens with one attached hydrogen (secondary N) is 1. The fourth-order valence-corrected chi connectivity index (χ4v) is 4.02. The Morgan fingerprint density at radius 1 is 1.30 bits per heavy atom. The molecule has 1 aromatic carbocycles. The molecular weight excluding hydrogens is 434 g/mol. The fraction of sp³-hybridized carbons (Fsp3) is 0.474. The zero-order chi connectivity index (χ0) is 21.7. The highest BCUT2D eigenvalue weighted by atomic mass is 32.2. The number of thioether (sulfide) groups is 1. The predicted octanol–water partition coefficient (Wildman–Crippen LogP) is 3.24. The minimum absolute atomic E-state index is 0.133. The number of anilines is 1. The van der Waals surface area contributed by atoms with Crippen molar-refractivity contribution in [1.29, 1.82) is 0 Å². The van der Waals surface area contributed by atoms with Gasteiger partial charge in [-0.25, -0.2) is 18.1 Å². The van der Waals surface area contributed by atoms with Crippen LogP contribution >= 0.6 is 23.9 Å². The van der Waals surface area contributed by atoms with Gasteiger partial charge in [-0.3, -0.25) is 0 Å². The highest BCUT2D eigenvalue weighted by molar-refractivity contribution is 7.98. The van der Waals surface area contributed by atoms with Gasteiger partial charge in [-0.1, -0.05) is 23.9 Å². The third kappa shape index (κ3) is 5.94. The van der Waals surface area contributed by atoms with Crippen LogP contribution in [0.15, 0.2) is 29.4 Å². The van der Waals surface area contributed by atoms with Gasteiger partial charge in [0.1, 0.15) is 17.5 Å². The van der Waals surface area contributed by atoms with Crippen LogP contribution in [-0.4, -0.2) is 55.9 Å². The van der Waals surface area contributed by atoms with E-state index in [2.05, 4.69) is 19.0 Å².